The number of nitrogens with one attached hydrogen (secondary N) is 1. The molecule has 0 unspecified atom stereocenters. The van der Waals surface area contributed by atoms with E-state index in [1.54, 1.807) is 0 Å². The molecule has 0 bridgehead atoms. The van der Waals surface area contributed by atoms with Crippen molar-refractivity contribution in [1.82, 2.24) is 0 Å². The average molecular weight is 311 g/mol. The molecule has 2 aromatic carbocycles. The molecule has 2 aromatic rings. The molecule has 0 spiro atoms. The van der Waals surface area contributed by atoms with Gasteiger partial charge in [0.05, 0.1) is 0 Å². The Hall–Kier alpha value is -2.49. The minimum Gasteiger partial charge on any atom is -0.486 e. The summed E-state index contributed by atoms with van der Waals surface area (Å²) in [5, 5.41) is 2.98. The van der Waals surface area contributed by atoms with Gasteiger partial charge in [0.1, 0.15) is 13.2 Å². The van der Waals surface area contributed by atoms with Crippen LogP contribution in [-0.2, 0) is 11.2 Å². The lowest BCUT2D eigenvalue weighted by Gasteiger charge is -2.18. The average Bonchev–Trinajstić information content (AvgIpc) is 2.55. The monoisotopic (exact) mass is 311 g/mol. The second-order valence-electron chi connectivity index (χ2n) is 5.84. The Kier molecular flexibility index (Phi) is 4.51. The number of hydrogen-bond donors (Lipinski definition) is 1. The summed E-state index contributed by atoms with van der Waals surface area (Å²) in [5.74, 6) is 1.56. The first-order valence-electron chi connectivity index (χ1n) is 7.87. The first-order chi connectivity index (χ1) is 11.1. The Morgan fingerprint density at radius 3 is 2.61 bits per heavy atom. The fraction of sp³-hybridized carbons (Fsp3) is 0.316. The van der Waals surface area contributed by atoms with Gasteiger partial charge in [-0.1, -0.05) is 23.8 Å². The molecular formula is C19H21NO3. The first kappa shape index (κ1) is 15.4. The number of hydrogen-bond acceptors (Lipinski definition) is 3. The molecule has 0 aliphatic carbocycles. The Morgan fingerprint density at radius 2 is 1.83 bits per heavy atom. The Labute approximate surface area is 136 Å². The van der Waals surface area contributed by atoms with E-state index in [0.29, 0.717) is 26.1 Å². The van der Waals surface area contributed by atoms with Crippen molar-refractivity contribution < 1.29 is 14.3 Å². The number of aryl methyl sites for hydroxylation is 3. The van der Waals surface area contributed by atoms with E-state index in [9.17, 15) is 4.79 Å². The third-order valence-corrected chi connectivity index (χ3v) is 3.90. The lowest BCUT2D eigenvalue weighted by molar-refractivity contribution is -0.116. The fourth-order valence-electron chi connectivity index (χ4n) is 2.67. The van der Waals surface area contributed by atoms with Crippen LogP contribution < -0.4 is 14.8 Å². The zero-order valence-electron chi connectivity index (χ0n) is 13.5. The summed E-state index contributed by atoms with van der Waals surface area (Å²) >= 11 is 0. The van der Waals surface area contributed by atoms with Crippen LogP contribution in [0.25, 0.3) is 0 Å². The van der Waals surface area contributed by atoms with Crippen LogP contribution in [0, 0.1) is 13.8 Å². The Bertz CT molecular complexity index is 725. The van der Waals surface area contributed by atoms with E-state index in [2.05, 4.69) is 11.4 Å². The topological polar surface area (TPSA) is 47.6 Å². The summed E-state index contributed by atoms with van der Waals surface area (Å²) < 4.78 is 11.1. The predicted molar refractivity (Wildman–Crippen MR) is 90.3 cm³/mol. The van der Waals surface area contributed by atoms with E-state index in [4.69, 9.17) is 9.47 Å². The van der Waals surface area contributed by atoms with Crippen molar-refractivity contribution >= 4 is 11.6 Å². The summed E-state index contributed by atoms with van der Waals surface area (Å²) in [7, 11) is 0. The lowest BCUT2D eigenvalue weighted by Crippen LogP contribution is -2.16. The van der Waals surface area contributed by atoms with Gasteiger partial charge in [0, 0.05) is 12.1 Å². The predicted octanol–water partition coefficient (Wildman–Crippen LogP) is 3.65. The number of fused-ring (bicyclic) bond motifs is 1. The molecule has 4 heteroatoms. The van der Waals surface area contributed by atoms with Crippen LogP contribution >= 0.6 is 0 Å². The summed E-state index contributed by atoms with van der Waals surface area (Å²) in [4.78, 5) is 12.1. The molecule has 0 radical (unpaired) electrons. The van der Waals surface area contributed by atoms with Gasteiger partial charge in [-0.05, 0) is 49.6 Å². The Morgan fingerprint density at radius 1 is 1.04 bits per heavy atom. The van der Waals surface area contributed by atoms with E-state index in [1.807, 2.05) is 44.2 Å². The third kappa shape index (κ3) is 3.83. The maximum atomic E-state index is 12.1. The van der Waals surface area contributed by atoms with Crippen LogP contribution in [0.4, 0.5) is 5.69 Å². The molecule has 0 atom stereocenters. The smallest absolute Gasteiger partial charge is 0.224 e. The second-order valence-corrected chi connectivity index (χ2v) is 5.84. The first-order valence-corrected chi connectivity index (χ1v) is 7.87. The van der Waals surface area contributed by atoms with E-state index >= 15 is 0 Å². The zero-order valence-corrected chi connectivity index (χ0v) is 13.5. The molecule has 1 aliphatic rings. The van der Waals surface area contributed by atoms with Gasteiger partial charge in [-0.15, -0.1) is 0 Å². The minimum atomic E-state index is 0.0202. The van der Waals surface area contributed by atoms with Crippen molar-refractivity contribution in [1.29, 1.82) is 0 Å². The van der Waals surface area contributed by atoms with Gasteiger partial charge in [0.25, 0.3) is 0 Å². The molecule has 3 rings (SSSR count). The van der Waals surface area contributed by atoms with Gasteiger partial charge in [-0.2, -0.15) is 0 Å². The SMILES string of the molecule is Cc1ccc(NC(=O)CCc2ccc3c(c2)OCCO3)c(C)c1. The lowest BCUT2D eigenvalue weighted by atomic mass is 10.1. The summed E-state index contributed by atoms with van der Waals surface area (Å²) in [6.45, 7) is 5.21. The molecule has 1 heterocycles. The summed E-state index contributed by atoms with van der Waals surface area (Å²) in [6, 6.07) is 11.9. The highest BCUT2D eigenvalue weighted by molar-refractivity contribution is 5.91. The Balaban J connectivity index is 1.58. The molecule has 0 saturated carbocycles. The number of carbonyl (C=O) groups excluding carboxylic acids is 1. The molecule has 1 N–H and O–H groups in total. The van der Waals surface area contributed by atoms with Gasteiger partial charge in [0.2, 0.25) is 5.91 Å². The fourth-order valence-corrected chi connectivity index (χ4v) is 2.67. The molecule has 0 fully saturated rings. The summed E-state index contributed by atoms with van der Waals surface area (Å²) in [5.41, 5.74) is 4.22. The van der Waals surface area contributed by atoms with Crippen LogP contribution in [0.1, 0.15) is 23.1 Å². The number of benzene rings is 2. The van der Waals surface area contributed by atoms with Crippen LogP contribution in [0.15, 0.2) is 36.4 Å². The normalized spacial score (nSPS) is 12.8. The van der Waals surface area contributed by atoms with E-state index in [-0.39, 0.29) is 5.91 Å². The van der Waals surface area contributed by atoms with Crippen molar-refractivity contribution in [3.8, 4) is 11.5 Å². The minimum absolute atomic E-state index is 0.0202. The highest BCUT2D eigenvalue weighted by Gasteiger charge is 2.12. The summed E-state index contributed by atoms with van der Waals surface area (Å²) in [6.07, 6.45) is 1.11. The standard InChI is InChI=1S/C19H21NO3/c1-13-3-6-16(14(2)11-13)20-19(21)8-5-15-4-7-17-18(12-15)23-10-9-22-17/h3-4,6-7,11-12H,5,8-10H2,1-2H3,(H,20,21). The molecule has 0 aromatic heterocycles. The van der Waals surface area contributed by atoms with Gasteiger partial charge in [-0.25, -0.2) is 0 Å². The van der Waals surface area contributed by atoms with Gasteiger partial charge in [-0.3, -0.25) is 4.79 Å². The largest absolute Gasteiger partial charge is 0.486 e. The van der Waals surface area contributed by atoms with Gasteiger partial charge >= 0.3 is 0 Å². The quantitative estimate of drug-likeness (QED) is 0.937. The molecule has 4 nitrogen and oxygen atoms in total. The number of ether oxygens (including phenoxy) is 2. The molecule has 23 heavy (non-hydrogen) atoms. The van der Waals surface area contributed by atoms with Crippen molar-refractivity contribution in [3.05, 3.63) is 53.1 Å². The zero-order chi connectivity index (χ0) is 16.2. The van der Waals surface area contributed by atoms with Crippen molar-refractivity contribution in [2.45, 2.75) is 26.7 Å². The number of amides is 1. The molecule has 1 aliphatic heterocycles. The number of anilines is 1. The van der Waals surface area contributed by atoms with Crippen LogP contribution in [0.2, 0.25) is 0 Å². The maximum Gasteiger partial charge on any atom is 0.224 e. The van der Waals surface area contributed by atoms with E-state index < -0.39 is 0 Å². The van der Waals surface area contributed by atoms with Gasteiger partial charge < -0.3 is 14.8 Å². The molecule has 120 valence electrons. The molecule has 0 saturated heterocycles. The third-order valence-electron chi connectivity index (χ3n) is 3.90. The van der Waals surface area contributed by atoms with E-state index in [1.165, 1.54) is 5.56 Å². The van der Waals surface area contributed by atoms with Crippen LogP contribution in [0.5, 0.6) is 11.5 Å². The van der Waals surface area contributed by atoms with E-state index in [0.717, 1.165) is 28.3 Å². The van der Waals surface area contributed by atoms with Crippen molar-refractivity contribution in [2.75, 3.05) is 18.5 Å². The van der Waals surface area contributed by atoms with Crippen molar-refractivity contribution in [2.24, 2.45) is 0 Å². The van der Waals surface area contributed by atoms with Gasteiger partial charge in [0.15, 0.2) is 11.5 Å². The van der Waals surface area contributed by atoms with Crippen LogP contribution in [0.3, 0.4) is 0 Å². The number of rotatable bonds is 4. The highest BCUT2D eigenvalue weighted by atomic mass is 16.6. The molecule has 1 amide bonds. The second kappa shape index (κ2) is 6.73. The van der Waals surface area contributed by atoms with Crippen LogP contribution in [-0.4, -0.2) is 19.1 Å². The number of carbonyl (C=O) groups is 1. The maximum absolute atomic E-state index is 12.1. The van der Waals surface area contributed by atoms with Crippen molar-refractivity contribution in [3.63, 3.8) is 0 Å². The molecular weight excluding hydrogens is 290 g/mol. The highest BCUT2D eigenvalue weighted by Crippen LogP contribution is 2.31.